The standard InChI is InChI=1S/C13H15FO3/c1-8-7-9(14)3-4-10(8)13(5-6-13)11(17-2)12(15)16/h3-4,7,11H,5-6H2,1-2H3,(H,15,16). The van der Waals surface area contributed by atoms with Gasteiger partial charge in [-0.15, -0.1) is 0 Å². The van der Waals surface area contributed by atoms with E-state index in [1.54, 1.807) is 13.0 Å². The van der Waals surface area contributed by atoms with Crippen molar-refractivity contribution in [1.29, 1.82) is 0 Å². The predicted octanol–water partition coefficient (Wildman–Crippen LogP) is 2.27. The highest BCUT2D eigenvalue weighted by molar-refractivity contribution is 5.76. The summed E-state index contributed by atoms with van der Waals surface area (Å²) < 4.78 is 18.1. The summed E-state index contributed by atoms with van der Waals surface area (Å²) in [5.41, 5.74) is 1.19. The van der Waals surface area contributed by atoms with Crippen molar-refractivity contribution in [3.63, 3.8) is 0 Å². The molecule has 3 nitrogen and oxygen atoms in total. The van der Waals surface area contributed by atoms with Crippen LogP contribution in [-0.4, -0.2) is 24.3 Å². The third-order valence-corrected chi connectivity index (χ3v) is 3.48. The van der Waals surface area contributed by atoms with Crippen LogP contribution < -0.4 is 0 Å². The van der Waals surface area contributed by atoms with E-state index in [2.05, 4.69) is 0 Å². The summed E-state index contributed by atoms with van der Waals surface area (Å²) >= 11 is 0. The molecule has 0 amide bonds. The van der Waals surface area contributed by atoms with Gasteiger partial charge in [0.05, 0.1) is 0 Å². The number of carboxylic acid groups (broad SMARTS) is 1. The number of ether oxygens (including phenoxy) is 1. The molecular formula is C13H15FO3. The van der Waals surface area contributed by atoms with Crippen molar-refractivity contribution in [2.24, 2.45) is 0 Å². The fourth-order valence-electron chi connectivity index (χ4n) is 2.56. The Labute approximate surface area is 99.2 Å². The van der Waals surface area contributed by atoms with Gasteiger partial charge >= 0.3 is 5.97 Å². The van der Waals surface area contributed by atoms with Crippen LogP contribution in [0, 0.1) is 12.7 Å². The average Bonchev–Trinajstić information content (AvgIpc) is 2.99. The number of aryl methyl sites for hydroxylation is 1. The van der Waals surface area contributed by atoms with Crippen LogP contribution in [0.4, 0.5) is 4.39 Å². The minimum atomic E-state index is -0.964. The van der Waals surface area contributed by atoms with Gasteiger partial charge in [0, 0.05) is 12.5 Å². The molecule has 1 unspecified atom stereocenters. The zero-order valence-corrected chi connectivity index (χ0v) is 9.87. The maximum atomic E-state index is 13.1. The summed E-state index contributed by atoms with van der Waals surface area (Å²) in [6.45, 7) is 1.80. The molecule has 17 heavy (non-hydrogen) atoms. The first-order chi connectivity index (χ1) is 8.01. The molecule has 1 fully saturated rings. The number of aliphatic carboxylic acids is 1. The van der Waals surface area contributed by atoms with Crippen LogP contribution in [0.2, 0.25) is 0 Å². The Hall–Kier alpha value is -1.42. The van der Waals surface area contributed by atoms with E-state index in [4.69, 9.17) is 9.84 Å². The Kier molecular flexibility index (Phi) is 2.91. The van der Waals surface area contributed by atoms with Gasteiger partial charge in [0.1, 0.15) is 5.82 Å². The van der Waals surface area contributed by atoms with Crippen LogP contribution in [0.25, 0.3) is 0 Å². The fourth-order valence-corrected chi connectivity index (χ4v) is 2.56. The van der Waals surface area contributed by atoms with Crippen molar-refractivity contribution < 1.29 is 19.0 Å². The van der Waals surface area contributed by atoms with Gasteiger partial charge in [0.2, 0.25) is 0 Å². The minimum absolute atomic E-state index is 0.300. The fraction of sp³-hybridized carbons (Fsp3) is 0.462. The highest BCUT2D eigenvalue weighted by Crippen LogP contribution is 2.53. The van der Waals surface area contributed by atoms with E-state index in [0.717, 1.165) is 24.0 Å². The molecule has 1 saturated carbocycles. The number of carboxylic acids is 1. The maximum Gasteiger partial charge on any atom is 0.333 e. The van der Waals surface area contributed by atoms with Gasteiger partial charge in [0.15, 0.2) is 6.10 Å². The first kappa shape index (κ1) is 12.0. The number of carbonyl (C=O) groups is 1. The SMILES string of the molecule is COC(C(=O)O)C1(c2ccc(F)cc2C)CC1. The molecule has 0 heterocycles. The maximum absolute atomic E-state index is 13.1. The molecular weight excluding hydrogens is 223 g/mol. The van der Waals surface area contributed by atoms with E-state index in [9.17, 15) is 9.18 Å². The molecule has 1 N–H and O–H groups in total. The quantitative estimate of drug-likeness (QED) is 0.875. The lowest BCUT2D eigenvalue weighted by atomic mass is 9.86. The highest BCUT2D eigenvalue weighted by atomic mass is 19.1. The predicted molar refractivity (Wildman–Crippen MR) is 60.5 cm³/mol. The van der Waals surface area contributed by atoms with Gasteiger partial charge in [-0.05, 0) is 43.0 Å². The second-order valence-corrected chi connectivity index (χ2v) is 4.57. The summed E-state index contributed by atoms with van der Waals surface area (Å²) in [5.74, 6) is -1.26. The monoisotopic (exact) mass is 238 g/mol. The van der Waals surface area contributed by atoms with Crippen molar-refractivity contribution in [3.05, 3.63) is 35.1 Å². The largest absolute Gasteiger partial charge is 0.479 e. The number of methoxy groups -OCH3 is 1. The topological polar surface area (TPSA) is 46.5 Å². The number of hydrogen-bond donors (Lipinski definition) is 1. The Bertz CT molecular complexity index is 452. The minimum Gasteiger partial charge on any atom is -0.479 e. The summed E-state index contributed by atoms with van der Waals surface area (Å²) in [4.78, 5) is 11.2. The lowest BCUT2D eigenvalue weighted by Crippen LogP contribution is -2.36. The van der Waals surface area contributed by atoms with E-state index in [0.29, 0.717) is 0 Å². The number of hydrogen-bond acceptors (Lipinski definition) is 2. The normalized spacial score (nSPS) is 18.8. The number of rotatable bonds is 4. The van der Waals surface area contributed by atoms with Gasteiger partial charge in [-0.25, -0.2) is 9.18 Å². The summed E-state index contributed by atoms with van der Waals surface area (Å²) in [6.07, 6.45) is 0.681. The molecule has 1 aliphatic rings. The molecule has 0 aliphatic heterocycles. The van der Waals surface area contributed by atoms with Crippen LogP contribution >= 0.6 is 0 Å². The van der Waals surface area contributed by atoms with Crippen LogP contribution in [0.5, 0.6) is 0 Å². The molecule has 4 heteroatoms. The Morgan fingerprint density at radius 2 is 2.18 bits per heavy atom. The average molecular weight is 238 g/mol. The second kappa shape index (κ2) is 4.11. The molecule has 0 saturated heterocycles. The first-order valence-corrected chi connectivity index (χ1v) is 5.53. The van der Waals surface area contributed by atoms with Crippen molar-refractivity contribution in [2.45, 2.75) is 31.3 Å². The lowest BCUT2D eigenvalue weighted by molar-refractivity contribution is -0.150. The van der Waals surface area contributed by atoms with E-state index in [1.807, 2.05) is 0 Å². The summed E-state index contributed by atoms with van der Waals surface area (Å²) in [7, 11) is 1.40. The van der Waals surface area contributed by atoms with Crippen molar-refractivity contribution in [1.82, 2.24) is 0 Å². The molecule has 0 aromatic heterocycles. The van der Waals surface area contributed by atoms with Crippen LogP contribution in [0.1, 0.15) is 24.0 Å². The van der Waals surface area contributed by atoms with E-state index in [-0.39, 0.29) is 5.82 Å². The Morgan fingerprint density at radius 1 is 1.53 bits per heavy atom. The second-order valence-electron chi connectivity index (χ2n) is 4.57. The molecule has 0 spiro atoms. The lowest BCUT2D eigenvalue weighted by Gasteiger charge is -2.24. The summed E-state index contributed by atoms with van der Waals surface area (Å²) in [5, 5.41) is 9.16. The number of halogens is 1. The van der Waals surface area contributed by atoms with Crippen LogP contribution in [-0.2, 0) is 14.9 Å². The third-order valence-electron chi connectivity index (χ3n) is 3.48. The van der Waals surface area contributed by atoms with Gasteiger partial charge < -0.3 is 9.84 Å². The molecule has 2 rings (SSSR count). The van der Waals surface area contributed by atoms with Gasteiger partial charge in [-0.3, -0.25) is 0 Å². The van der Waals surface area contributed by atoms with Crippen molar-refractivity contribution >= 4 is 5.97 Å². The van der Waals surface area contributed by atoms with E-state index in [1.165, 1.54) is 19.2 Å². The van der Waals surface area contributed by atoms with Crippen LogP contribution in [0.3, 0.4) is 0 Å². The van der Waals surface area contributed by atoms with Gasteiger partial charge in [-0.2, -0.15) is 0 Å². The van der Waals surface area contributed by atoms with Gasteiger partial charge in [0.25, 0.3) is 0 Å². The van der Waals surface area contributed by atoms with Crippen molar-refractivity contribution in [2.75, 3.05) is 7.11 Å². The van der Waals surface area contributed by atoms with Gasteiger partial charge in [-0.1, -0.05) is 6.07 Å². The third kappa shape index (κ3) is 1.93. The highest BCUT2D eigenvalue weighted by Gasteiger charge is 2.55. The van der Waals surface area contributed by atoms with E-state index >= 15 is 0 Å². The molecule has 0 bridgehead atoms. The smallest absolute Gasteiger partial charge is 0.333 e. The summed E-state index contributed by atoms with van der Waals surface area (Å²) in [6, 6.07) is 4.48. The van der Waals surface area contributed by atoms with E-state index < -0.39 is 17.5 Å². The molecule has 0 radical (unpaired) electrons. The Morgan fingerprint density at radius 3 is 2.59 bits per heavy atom. The Balaban J connectivity index is 2.41. The molecule has 1 aliphatic carbocycles. The molecule has 1 aromatic carbocycles. The molecule has 92 valence electrons. The molecule has 1 aromatic rings. The molecule has 1 atom stereocenters. The van der Waals surface area contributed by atoms with Crippen molar-refractivity contribution in [3.8, 4) is 0 Å². The van der Waals surface area contributed by atoms with Crippen LogP contribution in [0.15, 0.2) is 18.2 Å². The zero-order chi connectivity index (χ0) is 12.6. The zero-order valence-electron chi connectivity index (χ0n) is 9.87. The number of benzene rings is 1. The first-order valence-electron chi connectivity index (χ1n) is 5.53.